The Morgan fingerprint density at radius 2 is 2.55 bits per heavy atom. The van der Waals surface area contributed by atoms with Gasteiger partial charge in [0, 0.05) is 26.4 Å². The first-order chi connectivity index (χ1) is 5.38. The van der Waals surface area contributed by atoms with Crippen LogP contribution in [-0.2, 0) is 11.3 Å². The zero-order chi connectivity index (χ0) is 8.10. The zero-order valence-electron chi connectivity index (χ0n) is 6.72. The summed E-state index contributed by atoms with van der Waals surface area (Å²) >= 11 is 0. The van der Waals surface area contributed by atoms with Gasteiger partial charge in [0.2, 0.25) is 0 Å². The maximum Gasteiger partial charge on any atom is 0.0905 e. The van der Waals surface area contributed by atoms with Crippen LogP contribution in [0.25, 0.3) is 0 Å². The van der Waals surface area contributed by atoms with E-state index in [1.54, 1.807) is 13.3 Å². The molecule has 1 heterocycles. The van der Waals surface area contributed by atoms with Crippen molar-refractivity contribution in [2.75, 3.05) is 19.5 Å². The van der Waals surface area contributed by atoms with Crippen LogP contribution in [0, 0.1) is 6.07 Å². The first-order valence-electron chi connectivity index (χ1n) is 3.40. The molecule has 0 saturated carbocycles. The fourth-order valence-electron chi connectivity index (χ4n) is 0.857. The topological polar surface area (TPSA) is 34.2 Å². The van der Waals surface area contributed by atoms with Crippen molar-refractivity contribution in [3.8, 4) is 0 Å². The summed E-state index contributed by atoms with van der Waals surface area (Å²) in [7, 11) is 3.50. The molecule has 3 heteroatoms. The Bertz CT molecular complexity index is 225. The highest BCUT2D eigenvalue weighted by atomic mass is 16.5. The monoisotopic (exact) mass is 151 g/mol. The van der Waals surface area contributed by atoms with E-state index in [4.69, 9.17) is 4.74 Å². The Morgan fingerprint density at radius 1 is 1.73 bits per heavy atom. The van der Waals surface area contributed by atoms with Crippen LogP contribution in [-0.4, -0.2) is 19.1 Å². The number of pyridine rings is 1. The van der Waals surface area contributed by atoms with E-state index in [9.17, 15) is 0 Å². The van der Waals surface area contributed by atoms with Crippen molar-refractivity contribution < 1.29 is 4.74 Å². The molecule has 1 aromatic rings. The normalized spacial score (nSPS) is 9.64. The van der Waals surface area contributed by atoms with E-state index >= 15 is 0 Å². The largest absolute Gasteiger partial charge is 0.387 e. The van der Waals surface area contributed by atoms with Gasteiger partial charge in [0.25, 0.3) is 0 Å². The number of rotatable bonds is 3. The van der Waals surface area contributed by atoms with Crippen LogP contribution < -0.4 is 5.32 Å². The fourth-order valence-corrected chi connectivity index (χ4v) is 0.857. The molecule has 3 nitrogen and oxygen atoms in total. The summed E-state index contributed by atoms with van der Waals surface area (Å²) in [5, 5.41) is 3.01. The second-order valence-corrected chi connectivity index (χ2v) is 2.11. The van der Waals surface area contributed by atoms with Crippen molar-refractivity contribution in [3.63, 3.8) is 0 Å². The lowest BCUT2D eigenvalue weighted by Gasteiger charge is -2.04. The highest BCUT2D eigenvalue weighted by Gasteiger charge is 1.98. The average Bonchev–Trinajstić information content (AvgIpc) is 2.06. The second kappa shape index (κ2) is 3.93. The molecule has 0 aliphatic heterocycles. The summed E-state index contributed by atoms with van der Waals surface area (Å²) < 4.78 is 4.95. The third-order valence-electron chi connectivity index (χ3n) is 1.38. The van der Waals surface area contributed by atoms with Crippen molar-refractivity contribution >= 4 is 5.69 Å². The molecule has 0 bridgehead atoms. The Morgan fingerprint density at radius 3 is 3.18 bits per heavy atom. The molecular weight excluding hydrogens is 140 g/mol. The van der Waals surface area contributed by atoms with Gasteiger partial charge >= 0.3 is 0 Å². The van der Waals surface area contributed by atoms with Crippen LogP contribution >= 0.6 is 0 Å². The van der Waals surface area contributed by atoms with E-state index in [0.717, 1.165) is 11.4 Å². The molecule has 0 aliphatic carbocycles. The standard InChI is InChI=1S/C8H11N2O/c1-9-7-4-3-5-10-8(7)6-11-2/h4-5,9H,6H2,1-2H3. The third-order valence-corrected chi connectivity index (χ3v) is 1.38. The van der Waals surface area contributed by atoms with Gasteiger partial charge in [-0.25, -0.2) is 0 Å². The number of ether oxygens (including phenoxy) is 1. The predicted octanol–water partition coefficient (Wildman–Crippen LogP) is 1.07. The number of methoxy groups -OCH3 is 1. The van der Waals surface area contributed by atoms with E-state index < -0.39 is 0 Å². The average molecular weight is 151 g/mol. The van der Waals surface area contributed by atoms with Crippen LogP contribution in [0.15, 0.2) is 12.3 Å². The summed E-state index contributed by atoms with van der Waals surface area (Å²) in [5.41, 5.74) is 1.88. The Hall–Kier alpha value is -1.09. The van der Waals surface area contributed by atoms with Gasteiger partial charge in [0.15, 0.2) is 0 Å². The van der Waals surface area contributed by atoms with Crippen molar-refractivity contribution in [2.45, 2.75) is 6.61 Å². The lowest BCUT2D eigenvalue weighted by atomic mass is 10.3. The maximum absolute atomic E-state index is 4.95. The molecule has 59 valence electrons. The smallest absolute Gasteiger partial charge is 0.0905 e. The van der Waals surface area contributed by atoms with E-state index in [-0.39, 0.29) is 0 Å². The van der Waals surface area contributed by atoms with Gasteiger partial charge < -0.3 is 10.1 Å². The van der Waals surface area contributed by atoms with Crippen LogP contribution in [0.5, 0.6) is 0 Å². The van der Waals surface area contributed by atoms with E-state index in [2.05, 4.69) is 16.4 Å². The molecule has 0 spiro atoms. The predicted molar refractivity (Wildman–Crippen MR) is 43.3 cm³/mol. The van der Waals surface area contributed by atoms with Crippen molar-refractivity contribution in [1.82, 2.24) is 4.98 Å². The maximum atomic E-state index is 4.95. The van der Waals surface area contributed by atoms with Crippen molar-refractivity contribution in [3.05, 3.63) is 24.0 Å². The minimum absolute atomic E-state index is 0.533. The summed E-state index contributed by atoms with van der Waals surface area (Å²) in [6, 6.07) is 4.73. The molecule has 0 aromatic carbocycles. The molecule has 1 N–H and O–H groups in total. The van der Waals surface area contributed by atoms with Crippen molar-refractivity contribution in [2.24, 2.45) is 0 Å². The molecule has 0 atom stereocenters. The van der Waals surface area contributed by atoms with Gasteiger partial charge in [0.1, 0.15) is 0 Å². The van der Waals surface area contributed by atoms with Crippen LogP contribution in [0.1, 0.15) is 5.69 Å². The number of hydrogen-bond donors (Lipinski definition) is 1. The van der Waals surface area contributed by atoms with Gasteiger partial charge in [-0.2, -0.15) is 0 Å². The van der Waals surface area contributed by atoms with E-state index in [1.165, 1.54) is 0 Å². The van der Waals surface area contributed by atoms with Crippen LogP contribution in [0.2, 0.25) is 0 Å². The van der Waals surface area contributed by atoms with Gasteiger partial charge in [-0.1, -0.05) is 0 Å². The lowest BCUT2D eigenvalue weighted by Crippen LogP contribution is -1.98. The van der Waals surface area contributed by atoms with Gasteiger partial charge in [-0.3, -0.25) is 4.98 Å². The molecule has 1 aromatic heterocycles. The molecule has 0 saturated heterocycles. The van der Waals surface area contributed by atoms with Gasteiger partial charge in [0.05, 0.1) is 18.0 Å². The minimum Gasteiger partial charge on any atom is -0.387 e. The molecule has 0 unspecified atom stereocenters. The Kier molecular flexibility index (Phi) is 2.86. The zero-order valence-corrected chi connectivity index (χ0v) is 6.72. The summed E-state index contributed by atoms with van der Waals surface area (Å²) in [6.45, 7) is 0.533. The number of hydrogen-bond acceptors (Lipinski definition) is 3. The number of nitrogens with zero attached hydrogens (tertiary/aromatic N) is 1. The number of anilines is 1. The van der Waals surface area contributed by atoms with Gasteiger partial charge in [-0.15, -0.1) is 0 Å². The van der Waals surface area contributed by atoms with Crippen LogP contribution in [0.3, 0.4) is 0 Å². The lowest BCUT2D eigenvalue weighted by molar-refractivity contribution is 0.182. The number of nitrogens with one attached hydrogen (secondary N) is 1. The molecule has 1 radical (unpaired) electrons. The fraction of sp³-hybridized carbons (Fsp3) is 0.375. The van der Waals surface area contributed by atoms with Gasteiger partial charge in [-0.05, 0) is 6.07 Å². The SMILES string of the molecule is CNc1c[c]cnc1COC. The molecule has 0 amide bonds. The first kappa shape index (κ1) is 8.01. The highest BCUT2D eigenvalue weighted by molar-refractivity contribution is 5.45. The molecule has 0 aliphatic rings. The summed E-state index contributed by atoms with van der Waals surface area (Å²) in [4.78, 5) is 4.10. The van der Waals surface area contributed by atoms with Crippen molar-refractivity contribution in [1.29, 1.82) is 0 Å². The Balaban J connectivity index is 2.83. The van der Waals surface area contributed by atoms with E-state index in [1.807, 2.05) is 13.1 Å². The highest BCUT2D eigenvalue weighted by Crippen LogP contribution is 2.10. The second-order valence-electron chi connectivity index (χ2n) is 2.11. The quantitative estimate of drug-likeness (QED) is 0.701. The Labute approximate surface area is 66.4 Å². The van der Waals surface area contributed by atoms with Crippen LogP contribution in [0.4, 0.5) is 5.69 Å². The molecule has 0 fully saturated rings. The summed E-state index contributed by atoms with van der Waals surface area (Å²) in [6.07, 6.45) is 1.63. The number of aromatic nitrogens is 1. The first-order valence-corrected chi connectivity index (χ1v) is 3.40. The molecule has 1 rings (SSSR count). The third kappa shape index (κ3) is 1.91. The minimum atomic E-state index is 0.533. The summed E-state index contributed by atoms with van der Waals surface area (Å²) in [5.74, 6) is 0. The van der Waals surface area contributed by atoms with E-state index in [0.29, 0.717) is 6.61 Å². The molecular formula is C8H11N2O. The molecule has 11 heavy (non-hydrogen) atoms.